The van der Waals surface area contributed by atoms with E-state index in [-0.39, 0.29) is 12.1 Å². The maximum atomic E-state index is 10.8. The van der Waals surface area contributed by atoms with Crippen molar-refractivity contribution in [2.45, 2.75) is 45.1 Å². The first kappa shape index (κ1) is 7.58. The lowest BCUT2D eigenvalue weighted by Crippen LogP contribution is -2.24. The lowest BCUT2D eigenvalue weighted by Gasteiger charge is -2.24. The first-order valence-corrected chi connectivity index (χ1v) is 4.02. The molecule has 0 spiro atoms. The van der Waals surface area contributed by atoms with E-state index < -0.39 is 0 Å². The summed E-state index contributed by atoms with van der Waals surface area (Å²) in [4.78, 5) is 10.8. The van der Waals surface area contributed by atoms with E-state index >= 15 is 0 Å². The van der Waals surface area contributed by atoms with Gasteiger partial charge in [0.1, 0.15) is 6.10 Å². The second-order valence-electron chi connectivity index (χ2n) is 2.79. The molecule has 2 nitrogen and oxygen atoms in total. The Balaban J connectivity index is 2.05. The summed E-state index contributed by atoms with van der Waals surface area (Å²) in [5, 5.41) is 0. The number of carbonyl (C=O) groups is 1. The Kier molecular flexibility index (Phi) is 2.72. The zero-order chi connectivity index (χ0) is 7.40. The SMILES string of the molecule is CCCC(=O)OC1CCC1. The summed E-state index contributed by atoms with van der Waals surface area (Å²) in [7, 11) is 0. The highest BCUT2D eigenvalue weighted by molar-refractivity contribution is 5.69. The lowest BCUT2D eigenvalue weighted by atomic mass is 9.96. The Hall–Kier alpha value is -0.530. The Morgan fingerprint density at radius 3 is 2.70 bits per heavy atom. The highest BCUT2D eigenvalue weighted by Gasteiger charge is 2.20. The minimum atomic E-state index is -0.0211. The molecule has 0 aliphatic heterocycles. The van der Waals surface area contributed by atoms with E-state index in [4.69, 9.17) is 4.74 Å². The second-order valence-corrected chi connectivity index (χ2v) is 2.79. The third kappa shape index (κ3) is 2.01. The predicted octanol–water partition coefficient (Wildman–Crippen LogP) is 1.88. The molecule has 1 aliphatic rings. The smallest absolute Gasteiger partial charge is 0.306 e. The van der Waals surface area contributed by atoms with Crippen LogP contribution >= 0.6 is 0 Å². The van der Waals surface area contributed by atoms with Gasteiger partial charge in [-0.2, -0.15) is 0 Å². The van der Waals surface area contributed by atoms with Crippen LogP contribution in [0.4, 0.5) is 0 Å². The summed E-state index contributed by atoms with van der Waals surface area (Å²) in [5.41, 5.74) is 0. The van der Waals surface area contributed by atoms with Crippen LogP contribution in [0.25, 0.3) is 0 Å². The molecule has 1 aliphatic carbocycles. The first-order valence-electron chi connectivity index (χ1n) is 4.02. The molecule has 1 saturated carbocycles. The zero-order valence-corrected chi connectivity index (χ0v) is 6.43. The third-order valence-electron chi connectivity index (χ3n) is 1.80. The van der Waals surface area contributed by atoms with Crippen molar-refractivity contribution in [1.82, 2.24) is 0 Å². The Labute approximate surface area is 61.6 Å². The molecule has 0 N–H and O–H groups in total. The molecule has 10 heavy (non-hydrogen) atoms. The first-order chi connectivity index (χ1) is 4.83. The van der Waals surface area contributed by atoms with Crippen LogP contribution < -0.4 is 0 Å². The average molecular weight is 142 g/mol. The van der Waals surface area contributed by atoms with Gasteiger partial charge in [0.25, 0.3) is 0 Å². The molecule has 0 bridgehead atoms. The zero-order valence-electron chi connectivity index (χ0n) is 6.43. The largest absolute Gasteiger partial charge is 0.462 e. The van der Waals surface area contributed by atoms with Gasteiger partial charge in [-0.15, -0.1) is 0 Å². The molecular formula is C8H14O2. The summed E-state index contributed by atoms with van der Waals surface area (Å²) in [6, 6.07) is 0. The van der Waals surface area contributed by atoms with Gasteiger partial charge in [0.05, 0.1) is 0 Å². The standard InChI is InChI=1S/C8H14O2/c1-2-4-8(9)10-7-5-3-6-7/h7H,2-6H2,1H3. The molecule has 1 rings (SSSR count). The molecule has 0 aromatic carbocycles. The topological polar surface area (TPSA) is 26.3 Å². The normalized spacial score (nSPS) is 18.1. The van der Waals surface area contributed by atoms with Crippen LogP contribution in [0, 0.1) is 0 Å². The number of hydrogen-bond acceptors (Lipinski definition) is 2. The molecule has 58 valence electrons. The van der Waals surface area contributed by atoms with E-state index in [1.807, 2.05) is 6.92 Å². The summed E-state index contributed by atoms with van der Waals surface area (Å²) >= 11 is 0. The number of esters is 1. The van der Waals surface area contributed by atoms with E-state index in [9.17, 15) is 4.79 Å². The Morgan fingerprint density at radius 2 is 2.30 bits per heavy atom. The second kappa shape index (κ2) is 3.59. The molecule has 0 unspecified atom stereocenters. The van der Waals surface area contributed by atoms with Crippen molar-refractivity contribution < 1.29 is 9.53 Å². The fourth-order valence-corrected chi connectivity index (χ4v) is 0.938. The van der Waals surface area contributed by atoms with Crippen LogP contribution in [0.2, 0.25) is 0 Å². The van der Waals surface area contributed by atoms with Gasteiger partial charge in [0, 0.05) is 6.42 Å². The van der Waals surface area contributed by atoms with Crippen molar-refractivity contribution >= 4 is 5.97 Å². The molecule has 0 amide bonds. The number of ether oxygens (including phenoxy) is 1. The van der Waals surface area contributed by atoms with Crippen LogP contribution in [0.15, 0.2) is 0 Å². The van der Waals surface area contributed by atoms with Gasteiger partial charge >= 0.3 is 5.97 Å². The summed E-state index contributed by atoms with van der Waals surface area (Å²) in [6.45, 7) is 1.99. The number of rotatable bonds is 3. The Morgan fingerprint density at radius 1 is 1.60 bits per heavy atom. The molecule has 0 radical (unpaired) electrons. The van der Waals surface area contributed by atoms with Gasteiger partial charge in [-0.3, -0.25) is 4.79 Å². The van der Waals surface area contributed by atoms with Crippen molar-refractivity contribution in [1.29, 1.82) is 0 Å². The van der Waals surface area contributed by atoms with Crippen molar-refractivity contribution in [2.75, 3.05) is 0 Å². The molecule has 2 heteroatoms. The van der Waals surface area contributed by atoms with Gasteiger partial charge < -0.3 is 4.74 Å². The quantitative estimate of drug-likeness (QED) is 0.562. The molecule has 0 heterocycles. The predicted molar refractivity (Wildman–Crippen MR) is 38.6 cm³/mol. The van der Waals surface area contributed by atoms with Crippen LogP contribution in [-0.4, -0.2) is 12.1 Å². The monoisotopic (exact) mass is 142 g/mol. The molecule has 0 atom stereocenters. The van der Waals surface area contributed by atoms with E-state index in [1.165, 1.54) is 6.42 Å². The fourth-order valence-electron chi connectivity index (χ4n) is 0.938. The highest BCUT2D eigenvalue weighted by Crippen LogP contribution is 2.22. The van der Waals surface area contributed by atoms with E-state index in [2.05, 4.69) is 0 Å². The van der Waals surface area contributed by atoms with Crippen molar-refractivity contribution in [2.24, 2.45) is 0 Å². The molecule has 1 fully saturated rings. The van der Waals surface area contributed by atoms with E-state index in [0.717, 1.165) is 19.3 Å². The summed E-state index contributed by atoms with van der Waals surface area (Å²) < 4.78 is 5.09. The molecular weight excluding hydrogens is 128 g/mol. The summed E-state index contributed by atoms with van der Waals surface area (Å²) in [6.07, 6.45) is 5.12. The lowest BCUT2D eigenvalue weighted by molar-refractivity contribution is -0.152. The van der Waals surface area contributed by atoms with Crippen LogP contribution in [0.1, 0.15) is 39.0 Å². The summed E-state index contributed by atoms with van der Waals surface area (Å²) in [5.74, 6) is -0.0211. The maximum absolute atomic E-state index is 10.8. The fraction of sp³-hybridized carbons (Fsp3) is 0.875. The molecule has 0 saturated heterocycles. The third-order valence-corrected chi connectivity index (χ3v) is 1.80. The van der Waals surface area contributed by atoms with E-state index in [1.54, 1.807) is 0 Å². The maximum Gasteiger partial charge on any atom is 0.306 e. The van der Waals surface area contributed by atoms with Crippen molar-refractivity contribution in [3.63, 3.8) is 0 Å². The van der Waals surface area contributed by atoms with E-state index in [0.29, 0.717) is 6.42 Å². The highest BCUT2D eigenvalue weighted by atomic mass is 16.5. The van der Waals surface area contributed by atoms with Gasteiger partial charge in [-0.05, 0) is 25.7 Å². The Bertz CT molecular complexity index is 116. The minimum Gasteiger partial charge on any atom is -0.462 e. The van der Waals surface area contributed by atoms with Crippen LogP contribution in [-0.2, 0) is 9.53 Å². The van der Waals surface area contributed by atoms with Gasteiger partial charge in [-0.1, -0.05) is 6.92 Å². The molecule has 0 aromatic rings. The average Bonchev–Trinajstić information content (AvgIpc) is 1.80. The van der Waals surface area contributed by atoms with Crippen molar-refractivity contribution in [3.8, 4) is 0 Å². The van der Waals surface area contributed by atoms with Crippen molar-refractivity contribution in [3.05, 3.63) is 0 Å². The number of carbonyl (C=O) groups excluding carboxylic acids is 1. The van der Waals surface area contributed by atoms with Crippen LogP contribution in [0.5, 0.6) is 0 Å². The van der Waals surface area contributed by atoms with Crippen LogP contribution in [0.3, 0.4) is 0 Å². The number of hydrogen-bond donors (Lipinski definition) is 0. The van der Waals surface area contributed by atoms with Gasteiger partial charge in [0.2, 0.25) is 0 Å². The molecule has 0 aromatic heterocycles. The minimum absolute atomic E-state index is 0.0211. The van der Waals surface area contributed by atoms with Gasteiger partial charge in [-0.25, -0.2) is 0 Å². The van der Waals surface area contributed by atoms with Gasteiger partial charge in [0.15, 0.2) is 0 Å².